The summed E-state index contributed by atoms with van der Waals surface area (Å²) in [6.45, 7) is 4.87. The molecule has 0 amide bonds. The predicted octanol–water partition coefficient (Wildman–Crippen LogP) is 4.88. The quantitative estimate of drug-likeness (QED) is 0.693. The first-order valence-corrected chi connectivity index (χ1v) is 13.9. The molecule has 0 radical (unpaired) electrons. The van der Waals surface area contributed by atoms with Crippen LogP contribution >= 0.6 is 0 Å². The van der Waals surface area contributed by atoms with Crippen LogP contribution in [0.5, 0.6) is 0 Å². The molecule has 1 heterocycles. The highest BCUT2D eigenvalue weighted by atomic mass is 16.3. The fourth-order valence-electron chi connectivity index (χ4n) is 10.2. The Morgan fingerprint density at radius 3 is 2.65 bits per heavy atom. The molecule has 1 aromatic rings. The fraction of sp³-hybridized carbons (Fsp3) is 0.828. The van der Waals surface area contributed by atoms with E-state index in [9.17, 15) is 15.2 Å². The van der Waals surface area contributed by atoms with E-state index in [1.165, 1.54) is 38.5 Å². The normalized spacial score (nSPS) is 49.7. The van der Waals surface area contributed by atoms with Gasteiger partial charge in [-0.05, 0) is 118 Å². The van der Waals surface area contributed by atoms with Crippen LogP contribution in [0, 0.1) is 64.1 Å². The molecule has 182 valence electrons. The number of rotatable bonds is 4. The number of nitriles is 1. The summed E-state index contributed by atoms with van der Waals surface area (Å²) in [4.78, 5) is 13.8. The van der Waals surface area contributed by atoms with E-state index in [1.54, 1.807) is 0 Å². The Bertz CT molecular complexity index is 1060. The van der Waals surface area contributed by atoms with Crippen molar-refractivity contribution in [2.75, 3.05) is 0 Å². The van der Waals surface area contributed by atoms with E-state index in [0.717, 1.165) is 60.8 Å². The highest BCUT2D eigenvalue weighted by molar-refractivity contribution is 5.83. The second kappa shape index (κ2) is 6.96. The highest BCUT2D eigenvalue weighted by Crippen LogP contribution is 2.74. The molecule has 1 aromatic heterocycles. The van der Waals surface area contributed by atoms with Gasteiger partial charge in [-0.25, -0.2) is 0 Å². The highest BCUT2D eigenvalue weighted by Gasteiger charge is 2.70. The van der Waals surface area contributed by atoms with Gasteiger partial charge in [-0.2, -0.15) is 10.4 Å². The number of ketones is 1. The second-order valence-corrected chi connectivity index (χ2v) is 13.8. The van der Waals surface area contributed by atoms with E-state index >= 15 is 0 Å². The Kier molecular flexibility index (Phi) is 4.42. The Balaban J connectivity index is 1.10. The molecule has 5 heteroatoms. The number of Topliss-reactive ketones (excluding diaryl/α,β-unsaturated/α-hetero) is 1. The van der Waals surface area contributed by atoms with Crippen molar-refractivity contribution in [3.05, 3.63) is 18.0 Å². The summed E-state index contributed by atoms with van der Waals surface area (Å²) in [5.41, 5.74) is 0.352. The predicted molar refractivity (Wildman–Crippen MR) is 127 cm³/mol. The smallest absolute Gasteiger partial charge is 0.158 e. The number of nitrogens with zero attached hydrogens (tertiary/aromatic N) is 3. The number of carbonyl (C=O) groups is 1. The molecule has 6 aliphatic carbocycles. The fourth-order valence-corrected chi connectivity index (χ4v) is 10.2. The summed E-state index contributed by atoms with van der Waals surface area (Å²) < 4.78 is 1.81. The van der Waals surface area contributed by atoms with Gasteiger partial charge in [-0.3, -0.25) is 9.48 Å². The van der Waals surface area contributed by atoms with Gasteiger partial charge in [0.05, 0.1) is 29.8 Å². The van der Waals surface area contributed by atoms with E-state index < -0.39 is 5.60 Å². The Labute approximate surface area is 203 Å². The minimum absolute atomic E-state index is 0.152. The summed E-state index contributed by atoms with van der Waals surface area (Å²) in [5, 5.41) is 24.7. The summed E-state index contributed by atoms with van der Waals surface area (Å²) in [5.74, 6) is 5.76. The molecule has 0 bridgehead atoms. The van der Waals surface area contributed by atoms with Gasteiger partial charge in [0.2, 0.25) is 0 Å². The molecule has 6 saturated carbocycles. The average molecular weight is 462 g/mol. The van der Waals surface area contributed by atoms with Crippen LogP contribution in [0.1, 0.15) is 83.6 Å². The van der Waals surface area contributed by atoms with Gasteiger partial charge in [0.25, 0.3) is 0 Å². The standard InChI is InChI=1S/C29H39N3O2/c1-27(34)7-5-19-17(12-27)3-4-21-20(19)6-8-28(2)25(21)22-11-23(22)26(28)24(33)15-32-14-18(13-31-32)29(16-30)9-10-29/h13-14,17,19-23,25-26,34H,3-12,15H2,1-2H3/t17-,19+,20-,21-,22-,23+,25-,26-,27-,28+/m1/s1. The number of hydrogen-bond donors (Lipinski definition) is 1. The summed E-state index contributed by atoms with van der Waals surface area (Å²) in [6, 6.07) is 2.45. The van der Waals surface area contributed by atoms with Crippen LogP contribution in [0.2, 0.25) is 0 Å². The van der Waals surface area contributed by atoms with Crippen molar-refractivity contribution in [3.8, 4) is 6.07 Å². The molecule has 0 unspecified atom stereocenters. The lowest BCUT2D eigenvalue weighted by Gasteiger charge is -2.57. The van der Waals surface area contributed by atoms with Gasteiger partial charge in [0.1, 0.15) is 0 Å². The first-order valence-electron chi connectivity index (χ1n) is 13.9. The van der Waals surface area contributed by atoms with Crippen molar-refractivity contribution in [2.24, 2.45) is 52.8 Å². The average Bonchev–Trinajstić information content (AvgIpc) is 3.69. The maximum atomic E-state index is 13.8. The van der Waals surface area contributed by atoms with Crippen molar-refractivity contribution in [1.29, 1.82) is 5.26 Å². The lowest BCUT2D eigenvalue weighted by Crippen LogP contribution is -2.52. The number of aliphatic hydroxyl groups is 1. The van der Waals surface area contributed by atoms with Gasteiger partial charge in [-0.15, -0.1) is 0 Å². The third-order valence-electron chi connectivity index (χ3n) is 11.8. The van der Waals surface area contributed by atoms with Gasteiger partial charge in [0, 0.05) is 17.7 Å². The maximum absolute atomic E-state index is 13.8. The monoisotopic (exact) mass is 461 g/mol. The number of fused-ring (bicyclic) bond motifs is 7. The molecule has 7 rings (SSSR count). The van der Waals surface area contributed by atoms with Crippen LogP contribution in [-0.4, -0.2) is 26.3 Å². The van der Waals surface area contributed by atoms with Gasteiger partial charge >= 0.3 is 0 Å². The van der Waals surface area contributed by atoms with E-state index in [1.807, 2.05) is 24.0 Å². The van der Waals surface area contributed by atoms with Crippen molar-refractivity contribution in [3.63, 3.8) is 0 Å². The Morgan fingerprint density at radius 1 is 1.09 bits per heavy atom. The van der Waals surface area contributed by atoms with Crippen LogP contribution in [0.15, 0.2) is 12.4 Å². The molecular formula is C29H39N3O2. The van der Waals surface area contributed by atoms with E-state index in [0.29, 0.717) is 24.2 Å². The zero-order chi connectivity index (χ0) is 23.5. The van der Waals surface area contributed by atoms with E-state index in [4.69, 9.17) is 0 Å². The molecule has 10 atom stereocenters. The third kappa shape index (κ3) is 3.00. The lowest BCUT2D eigenvalue weighted by atomic mass is 9.48. The minimum atomic E-state index is -0.456. The zero-order valence-electron chi connectivity index (χ0n) is 20.7. The largest absolute Gasteiger partial charge is 0.390 e. The molecule has 1 N–H and O–H groups in total. The van der Waals surface area contributed by atoms with Crippen LogP contribution < -0.4 is 0 Å². The number of hydrogen-bond acceptors (Lipinski definition) is 4. The van der Waals surface area contributed by atoms with E-state index in [-0.39, 0.29) is 16.7 Å². The Hall–Kier alpha value is -1.67. The van der Waals surface area contributed by atoms with Gasteiger partial charge < -0.3 is 5.11 Å². The van der Waals surface area contributed by atoms with Crippen LogP contribution in [0.25, 0.3) is 0 Å². The molecule has 6 aliphatic rings. The summed E-state index contributed by atoms with van der Waals surface area (Å²) >= 11 is 0. The molecular weight excluding hydrogens is 422 g/mol. The molecule has 6 fully saturated rings. The number of aromatic nitrogens is 2. The zero-order valence-corrected chi connectivity index (χ0v) is 20.7. The first kappa shape index (κ1) is 21.6. The van der Waals surface area contributed by atoms with Crippen molar-refractivity contribution in [1.82, 2.24) is 9.78 Å². The molecule has 34 heavy (non-hydrogen) atoms. The van der Waals surface area contributed by atoms with Crippen molar-refractivity contribution < 1.29 is 9.90 Å². The van der Waals surface area contributed by atoms with Gasteiger partial charge in [0.15, 0.2) is 5.78 Å². The molecule has 0 aromatic carbocycles. The summed E-state index contributed by atoms with van der Waals surface area (Å²) in [6.07, 6.45) is 15.1. The van der Waals surface area contributed by atoms with Crippen molar-refractivity contribution >= 4 is 5.78 Å². The minimum Gasteiger partial charge on any atom is -0.390 e. The van der Waals surface area contributed by atoms with Crippen LogP contribution in [-0.2, 0) is 16.8 Å². The molecule has 0 aliphatic heterocycles. The molecule has 0 spiro atoms. The van der Waals surface area contributed by atoms with E-state index in [2.05, 4.69) is 18.1 Å². The van der Waals surface area contributed by atoms with Crippen molar-refractivity contribution in [2.45, 2.75) is 95.6 Å². The SMILES string of the molecule is C[C@@]1(O)CC[C@H]2[C@H](CC[C@@H]3[C@@H]2CC[C@@]2(C)[C@H]3[C@@H]3C[C@@H]3[C@@H]2C(=O)Cn2cc(C3(C#N)CC3)cn2)C1. The topological polar surface area (TPSA) is 78.9 Å². The van der Waals surface area contributed by atoms with Gasteiger partial charge in [-0.1, -0.05) is 6.92 Å². The first-order chi connectivity index (χ1) is 16.2. The van der Waals surface area contributed by atoms with Crippen LogP contribution in [0.4, 0.5) is 0 Å². The maximum Gasteiger partial charge on any atom is 0.158 e. The third-order valence-corrected chi connectivity index (χ3v) is 11.8. The molecule has 0 saturated heterocycles. The van der Waals surface area contributed by atoms with Crippen LogP contribution in [0.3, 0.4) is 0 Å². The second-order valence-electron chi connectivity index (χ2n) is 13.8. The lowest BCUT2D eigenvalue weighted by molar-refractivity contribution is -0.136. The Morgan fingerprint density at radius 2 is 1.88 bits per heavy atom. The molecule has 5 nitrogen and oxygen atoms in total. The summed E-state index contributed by atoms with van der Waals surface area (Å²) in [7, 11) is 0. The number of carbonyl (C=O) groups excluding carboxylic acids is 1.